The maximum Gasteiger partial charge on any atom is 0.195 e. The number of H-pyrrole nitrogens is 1. The number of ketones is 1. The van der Waals surface area contributed by atoms with Gasteiger partial charge in [-0.15, -0.1) is 0 Å². The van der Waals surface area contributed by atoms with E-state index in [4.69, 9.17) is 11.6 Å². The monoisotopic (exact) mass is 291 g/mol. The predicted molar refractivity (Wildman–Crippen MR) is 73.1 cm³/mol. The van der Waals surface area contributed by atoms with E-state index >= 15 is 0 Å². The molecule has 0 saturated carbocycles. The molecule has 0 spiro atoms. The number of aromatic nitrogens is 1. The van der Waals surface area contributed by atoms with Crippen LogP contribution in [-0.2, 0) is 0 Å². The first-order chi connectivity index (χ1) is 9.58. The summed E-state index contributed by atoms with van der Waals surface area (Å²) in [5.74, 6) is -2.46. The molecule has 0 fully saturated rings. The van der Waals surface area contributed by atoms with Gasteiger partial charge < -0.3 is 4.98 Å². The summed E-state index contributed by atoms with van der Waals surface area (Å²) in [6, 6.07) is 8.26. The Morgan fingerprint density at radius 2 is 1.90 bits per heavy atom. The lowest BCUT2D eigenvalue weighted by atomic mass is 10.0. The van der Waals surface area contributed by atoms with Crippen LogP contribution in [0.15, 0.2) is 42.6 Å². The van der Waals surface area contributed by atoms with Crippen molar-refractivity contribution in [3.8, 4) is 0 Å². The predicted octanol–water partition coefficient (Wildman–Crippen LogP) is 4.33. The van der Waals surface area contributed by atoms with E-state index in [0.29, 0.717) is 21.5 Å². The van der Waals surface area contributed by atoms with E-state index in [1.165, 1.54) is 12.3 Å². The Balaban J connectivity index is 2.15. The number of carbonyl (C=O) groups is 1. The lowest BCUT2D eigenvalue weighted by molar-refractivity contribution is 0.104. The van der Waals surface area contributed by atoms with E-state index in [0.717, 1.165) is 12.1 Å². The van der Waals surface area contributed by atoms with Crippen LogP contribution < -0.4 is 0 Å². The number of benzene rings is 2. The molecule has 0 unspecified atom stereocenters. The lowest BCUT2D eigenvalue weighted by Crippen LogP contribution is -2.02. The molecular formula is C15H8ClF2NO. The molecule has 0 atom stereocenters. The highest BCUT2D eigenvalue weighted by Gasteiger charge is 2.17. The van der Waals surface area contributed by atoms with Crippen LogP contribution in [0.4, 0.5) is 8.78 Å². The normalized spacial score (nSPS) is 10.9. The first-order valence-corrected chi connectivity index (χ1v) is 6.21. The van der Waals surface area contributed by atoms with Gasteiger partial charge in [0.2, 0.25) is 0 Å². The van der Waals surface area contributed by atoms with Crippen LogP contribution in [-0.4, -0.2) is 10.8 Å². The summed E-state index contributed by atoms with van der Waals surface area (Å²) in [6.07, 6.45) is 1.51. The number of halogens is 3. The number of hydrogen-bond acceptors (Lipinski definition) is 1. The molecule has 0 aliphatic rings. The summed E-state index contributed by atoms with van der Waals surface area (Å²) >= 11 is 6.09. The van der Waals surface area contributed by atoms with Gasteiger partial charge in [0, 0.05) is 28.2 Å². The molecule has 1 aromatic heterocycles. The van der Waals surface area contributed by atoms with E-state index in [-0.39, 0.29) is 5.56 Å². The molecule has 3 aromatic rings. The highest BCUT2D eigenvalue weighted by atomic mass is 35.5. The number of hydrogen-bond donors (Lipinski definition) is 1. The molecule has 100 valence electrons. The molecular weight excluding hydrogens is 284 g/mol. The third-order valence-corrected chi connectivity index (χ3v) is 3.40. The van der Waals surface area contributed by atoms with Crippen LogP contribution in [0.1, 0.15) is 15.9 Å². The van der Waals surface area contributed by atoms with Crippen molar-refractivity contribution in [3.63, 3.8) is 0 Å². The Morgan fingerprint density at radius 1 is 1.10 bits per heavy atom. The number of carbonyl (C=O) groups excluding carboxylic acids is 1. The molecule has 5 heteroatoms. The molecule has 1 N–H and O–H groups in total. The van der Waals surface area contributed by atoms with Crippen LogP contribution in [0.3, 0.4) is 0 Å². The van der Waals surface area contributed by atoms with E-state index in [1.54, 1.807) is 18.2 Å². The van der Waals surface area contributed by atoms with Gasteiger partial charge in [0.05, 0.1) is 5.02 Å². The Morgan fingerprint density at radius 3 is 2.65 bits per heavy atom. The van der Waals surface area contributed by atoms with Crippen molar-refractivity contribution in [3.05, 3.63) is 70.4 Å². The summed E-state index contributed by atoms with van der Waals surface area (Å²) in [5.41, 5.74) is 1.12. The van der Waals surface area contributed by atoms with Crippen LogP contribution >= 0.6 is 11.6 Å². The smallest absolute Gasteiger partial charge is 0.195 e. The average molecular weight is 292 g/mol. The van der Waals surface area contributed by atoms with Gasteiger partial charge in [-0.2, -0.15) is 0 Å². The summed E-state index contributed by atoms with van der Waals surface area (Å²) in [5, 5.41) is 0.999. The third kappa shape index (κ3) is 1.98. The van der Waals surface area contributed by atoms with Gasteiger partial charge >= 0.3 is 0 Å². The first-order valence-electron chi connectivity index (χ1n) is 5.83. The van der Waals surface area contributed by atoms with Crippen molar-refractivity contribution in [2.24, 2.45) is 0 Å². The molecule has 3 rings (SSSR count). The van der Waals surface area contributed by atoms with Crippen LogP contribution in [0.5, 0.6) is 0 Å². The van der Waals surface area contributed by atoms with Gasteiger partial charge in [-0.1, -0.05) is 17.7 Å². The van der Waals surface area contributed by atoms with Gasteiger partial charge in [-0.25, -0.2) is 8.78 Å². The summed E-state index contributed by atoms with van der Waals surface area (Å²) in [7, 11) is 0. The van der Waals surface area contributed by atoms with Crippen molar-refractivity contribution >= 4 is 28.3 Å². The molecule has 2 aromatic carbocycles. The fourth-order valence-electron chi connectivity index (χ4n) is 2.11. The Hall–Kier alpha value is -2.20. The van der Waals surface area contributed by atoms with Crippen LogP contribution in [0.25, 0.3) is 10.9 Å². The molecule has 0 bridgehead atoms. The molecule has 0 saturated heterocycles. The molecule has 0 aliphatic heterocycles. The minimum atomic E-state index is -1.05. The maximum atomic E-state index is 13.2. The summed E-state index contributed by atoms with van der Waals surface area (Å²) < 4.78 is 26.1. The van der Waals surface area contributed by atoms with Crippen molar-refractivity contribution in [1.29, 1.82) is 0 Å². The number of aromatic amines is 1. The zero-order valence-corrected chi connectivity index (χ0v) is 10.8. The van der Waals surface area contributed by atoms with Gasteiger partial charge in [0.15, 0.2) is 17.4 Å². The molecule has 2 nitrogen and oxygen atoms in total. The van der Waals surface area contributed by atoms with Gasteiger partial charge in [0.25, 0.3) is 0 Å². The van der Waals surface area contributed by atoms with Crippen LogP contribution in [0.2, 0.25) is 5.02 Å². The first kappa shape index (κ1) is 12.8. The number of nitrogens with one attached hydrogen (secondary N) is 1. The zero-order chi connectivity index (χ0) is 14.3. The average Bonchev–Trinajstić information content (AvgIpc) is 2.86. The standard InChI is InChI=1S/C15H8ClF2NO/c16-10-2-1-3-13-14(10)9(7-19-13)15(20)8-4-5-11(17)12(18)6-8/h1-7,19H. The van der Waals surface area contributed by atoms with Crippen molar-refractivity contribution in [2.75, 3.05) is 0 Å². The fourth-order valence-corrected chi connectivity index (χ4v) is 2.39. The second-order valence-electron chi connectivity index (χ2n) is 4.32. The van der Waals surface area contributed by atoms with E-state index in [9.17, 15) is 13.6 Å². The lowest BCUT2D eigenvalue weighted by Gasteiger charge is -2.02. The molecule has 20 heavy (non-hydrogen) atoms. The minimum Gasteiger partial charge on any atom is -0.360 e. The van der Waals surface area contributed by atoms with E-state index < -0.39 is 17.4 Å². The Labute approximate surface area is 118 Å². The Kier molecular flexibility index (Phi) is 3.03. The summed E-state index contributed by atoms with van der Waals surface area (Å²) in [6.45, 7) is 0. The van der Waals surface area contributed by atoms with E-state index in [1.807, 2.05) is 0 Å². The SMILES string of the molecule is O=C(c1ccc(F)c(F)c1)c1c[nH]c2cccc(Cl)c12. The van der Waals surface area contributed by atoms with E-state index in [2.05, 4.69) is 4.98 Å². The second-order valence-corrected chi connectivity index (χ2v) is 4.73. The molecule has 1 heterocycles. The molecule has 0 aliphatic carbocycles. The number of rotatable bonds is 2. The van der Waals surface area contributed by atoms with Gasteiger partial charge in [-0.3, -0.25) is 4.79 Å². The fraction of sp³-hybridized carbons (Fsp3) is 0. The Bertz CT molecular complexity index is 826. The largest absolute Gasteiger partial charge is 0.360 e. The van der Waals surface area contributed by atoms with Gasteiger partial charge in [0.1, 0.15) is 0 Å². The molecule has 0 amide bonds. The zero-order valence-electron chi connectivity index (χ0n) is 10.1. The van der Waals surface area contributed by atoms with Crippen molar-refractivity contribution in [2.45, 2.75) is 0 Å². The maximum absolute atomic E-state index is 13.2. The highest BCUT2D eigenvalue weighted by molar-refractivity contribution is 6.37. The highest BCUT2D eigenvalue weighted by Crippen LogP contribution is 2.28. The quantitative estimate of drug-likeness (QED) is 0.700. The minimum absolute atomic E-state index is 0.0738. The third-order valence-electron chi connectivity index (χ3n) is 3.08. The number of fused-ring (bicyclic) bond motifs is 1. The molecule has 0 radical (unpaired) electrons. The second kappa shape index (κ2) is 4.72. The van der Waals surface area contributed by atoms with Crippen molar-refractivity contribution < 1.29 is 13.6 Å². The summed E-state index contributed by atoms with van der Waals surface area (Å²) in [4.78, 5) is 15.3. The topological polar surface area (TPSA) is 32.9 Å². The van der Waals surface area contributed by atoms with Gasteiger partial charge in [-0.05, 0) is 30.3 Å². The van der Waals surface area contributed by atoms with Crippen LogP contribution in [0, 0.1) is 11.6 Å². The van der Waals surface area contributed by atoms with Crippen molar-refractivity contribution in [1.82, 2.24) is 4.98 Å².